The van der Waals surface area contributed by atoms with Crippen LogP contribution < -0.4 is 9.47 Å². The van der Waals surface area contributed by atoms with E-state index in [2.05, 4.69) is 16.8 Å². The third-order valence-corrected chi connectivity index (χ3v) is 5.30. The van der Waals surface area contributed by atoms with Gasteiger partial charge in [-0.05, 0) is 18.2 Å². The Labute approximate surface area is 161 Å². The Morgan fingerprint density at radius 1 is 1.22 bits per heavy atom. The average molecular weight is 388 g/mol. The molecule has 0 bridgehead atoms. The Morgan fingerprint density at radius 3 is 2.85 bits per heavy atom. The van der Waals surface area contributed by atoms with Crippen LogP contribution in [0.1, 0.15) is 0 Å². The summed E-state index contributed by atoms with van der Waals surface area (Å²) in [5.41, 5.74) is 0.875. The van der Waals surface area contributed by atoms with Crippen LogP contribution in [0.3, 0.4) is 0 Å². The third-order valence-electron chi connectivity index (χ3n) is 4.35. The van der Waals surface area contributed by atoms with Crippen molar-refractivity contribution in [3.63, 3.8) is 0 Å². The third kappa shape index (κ3) is 3.79. The second-order valence-corrected chi connectivity index (χ2v) is 7.00. The first-order chi connectivity index (χ1) is 13.3. The van der Waals surface area contributed by atoms with E-state index in [1.54, 1.807) is 6.08 Å². The van der Waals surface area contributed by atoms with Crippen molar-refractivity contribution in [1.82, 2.24) is 19.7 Å². The molecule has 3 heterocycles. The monoisotopic (exact) mass is 388 g/mol. The largest absolute Gasteiger partial charge is 0.454 e. The smallest absolute Gasteiger partial charge is 0.233 e. The summed E-state index contributed by atoms with van der Waals surface area (Å²) in [6.45, 7) is 7.06. The Balaban J connectivity index is 1.52. The molecule has 0 spiro atoms. The van der Waals surface area contributed by atoms with Gasteiger partial charge in [0, 0.05) is 25.2 Å². The topological polar surface area (TPSA) is 78.7 Å². The zero-order valence-corrected chi connectivity index (χ0v) is 15.6. The highest BCUT2D eigenvalue weighted by molar-refractivity contribution is 7.99. The lowest BCUT2D eigenvalue weighted by atomic mass is 10.2. The van der Waals surface area contributed by atoms with Gasteiger partial charge in [-0.15, -0.1) is 16.8 Å². The van der Waals surface area contributed by atoms with Crippen molar-refractivity contribution in [3.05, 3.63) is 30.9 Å². The molecule has 27 heavy (non-hydrogen) atoms. The molecule has 0 aliphatic carbocycles. The van der Waals surface area contributed by atoms with Crippen LogP contribution in [0.2, 0.25) is 0 Å². The summed E-state index contributed by atoms with van der Waals surface area (Å²) in [6.07, 6.45) is 1.79. The fraction of sp³-hybridized carbons (Fsp3) is 0.389. The van der Waals surface area contributed by atoms with E-state index in [0.29, 0.717) is 55.3 Å². The summed E-state index contributed by atoms with van der Waals surface area (Å²) in [4.78, 5) is 14.2. The van der Waals surface area contributed by atoms with Gasteiger partial charge >= 0.3 is 0 Å². The van der Waals surface area contributed by atoms with Crippen molar-refractivity contribution in [3.8, 4) is 22.9 Å². The highest BCUT2D eigenvalue weighted by atomic mass is 32.2. The number of carbonyl (C=O) groups excluding carboxylic acids is 1. The van der Waals surface area contributed by atoms with E-state index in [9.17, 15) is 4.79 Å². The van der Waals surface area contributed by atoms with Crippen LogP contribution in [-0.4, -0.2) is 64.4 Å². The molecule has 0 N–H and O–H groups in total. The second-order valence-electron chi connectivity index (χ2n) is 6.06. The molecule has 0 radical (unpaired) electrons. The van der Waals surface area contributed by atoms with E-state index in [1.165, 1.54) is 11.8 Å². The van der Waals surface area contributed by atoms with Crippen LogP contribution in [0.25, 0.3) is 11.4 Å². The molecular formula is C18H20N4O4S. The number of ether oxygens (including phenoxy) is 3. The normalized spacial score (nSPS) is 15.8. The molecule has 1 amide bonds. The molecule has 1 fully saturated rings. The maximum Gasteiger partial charge on any atom is 0.233 e. The molecule has 1 aromatic carbocycles. The molecule has 2 aliphatic heterocycles. The van der Waals surface area contributed by atoms with Crippen LogP contribution in [0.5, 0.6) is 11.5 Å². The highest BCUT2D eigenvalue weighted by Crippen LogP contribution is 2.36. The first-order valence-electron chi connectivity index (χ1n) is 8.68. The number of allylic oxidation sites excluding steroid dienone is 1. The lowest BCUT2D eigenvalue weighted by Gasteiger charge is -2.26. The number of fused-ring (bicyclic) bond motifs is 1. The molecule has 2 aliphatic rings. The van der Waals surface area contributed by atoms with E-state index >= 15 is 0 Å². The van der Waals surface area contributed by atoms with Gasteiger partial charge in [0.05, 0.1) is 19.0 Å². The minimum absolute atomic E-state index is 0.0843. The van der Waals surface area contributed by atoms with Crippen LogP contribution in [0.15, 0.2) is 36.0 Å². The van der Waals surface area contributed by atoms with Gasteiger partial charge in [0.15, 0.2) is 22.5 Å². The number of hydrogen-bond donors (Lipinski definition) is 0. The van der Waals surface area contributed by atoms with Gasteiger partial charge in [-0.25, -0.2) is 0 Å². The minimum atomic E-state index is 0.0843. The van der Waals surface area contributed by atoms with Crippen molar-refractivity contribution in [1.29, 1.82) is 0 Å². The van der Waals surface area contributed by atoms with Gasteiger partial charge < -0.3 is 19.1 Å². The van der Waals surface area contributed by atoms with Gasteiger partial charge in [-0.2, -0.15) is 0 Å². The number of rotatable bonds is 6. The number of hydrogen-bond acceptors (Lipinski definition) is 7. The van der Waals surface area contributed by atoms with Crippen molar-refractivity contribution in [2.45, 2.75) is 11.7 Å². The molecule has 4 rings (SSSR count). The van der Waals surface area contributed by atoms with Crippen molar-refractivity contribution < 1.29 is 19.0 Å². The van der Waals surface area contributed by atoms with Gasteiger partial charge in [-0.1, -0.05) is 17.8 Å². The zero-order valence-electron chi connectivity index (χ0n) is 14.8. The maximum atomic E-state index is 12.4. The maximum absolute atomic E-state index is 12.4. The Kier molecular flexibility index (Phi) is 5.30. The minimum Gasteiger partial charge on any atom is -0.454 e. The fourth-order valence-corrected chi connectivity index (χ4v) is 3.82. The van der Waals surface area contributed by atoms with Crippen molar-refractivity contribution in [2.24, 2.45) is 0 Å². The number of aromatic nitrogens is 3. The number of morpholine rings is 1. The first-order valence-corrected chi connectivity index (χ1v) is 9.67. The number of thioether (sulfide) groups is 1. The molecular weight excluding hydrogens is 368 g/mol. The van der Waals surface area contributed by atoms with Gasteiger partial charge in [0.1, 0.15) is 0 Å². The van der Waals surface area contributed by atoms with Crippen molar-refractivity contribution in [2.75, 3.05) is 38.8 Å². The van der Waals surface area contributed by atoms with E-state index in [4.69, 9.17) is 14.2 Å². The average Bonchev–Trinajstić information content (AvgIpc) is 3.33. The molecule has 2 aromatic rings. The molecule has 1 aromatic heterocycles. The van der Waals surface area contributed by atoms with E-state index in [0.717, 1.165) is 11.3 Å². The van der Waals surface area contributed by atoms with Gasteiger partial charge in [0.2, 0.25) is 12.7 Å². The summed E-state index contributed by atoms with van der Waals surface area (Å²) >= 11 is 1.38. The Morgan fingerprint density at radius 2 is 2.04 bits per heavy atom. The van der Waals surface area contributed by atoms with Crippen LogP contribution >= 0.6 is 11.8 Å². The van der Waals surface area contributed by atoms with E-state index in [1.807, 2.05) is 27.7 Å². The Bertz CT molecular complexity index is 848. The fourth-order valence-electron chi connectivity index (χ4n) is 2.97. The van der Waals surface area contributed by atoms with E-state index in [-0.39, 0.29) is 12.7 Å². The molecule has 0 saturated carbocycles. The molecule has 0 unspecified atom stereocenters. The molecule has 8 nitrogen and oxygen atoms in total. The van der Waals surface area contributed by atoms with E-state index < -0.39 is 0 Å². The number of carbonyl (C=O) groups is 1. The number of amides is 1. The lowest BCUT2D eigenvalue weighted by molar-refractivity contribution is -0.132. The van der Waals surface area contributed by atoms with Gasteiger partial charge in [0.25, 0.3) is 0 Å². The summed E-state index contributed by atoms with van der Waals surface area (Å²) in [6, 6.07) is 5.67. The standard InChI is InChI=1S/C18H20N4O4S/c1-2-5-22-17(13-3-4-14-15(10-13)26-12-25-14)19-20-18(22)27-11-16(23)21-6-8-24-9-7-21/h2-4,10H,1,5-9,11-12H2. The molecule has 9 heteroatoms. The summed E-state index contributed by atoms with van der Waals surface area (Å²) in [7, 11) is 0. The molecule has 142 valence electrons. The quantitative estimate of drug-likeness (QED) is 0.552. The summed E-state index contributed by atoms with van der Waals surface area (Å²) < 4.78 is 18.0. The summed E-state index contributed by atoms with van der Waals surface area (Å²) in [5, 5.41) is 9.29. The number of benzene rings is 1. The lowest BCUT2D eigenvalue weighted by Crippen LogP contribution is -2.41. The highest BCUT2D eigenvalue weighted by Gasteiger charge is 2.21. The first kappa shape index (κ1) is 17.9. The van der Waals surface area contributed by atoms with Crippen LogP contribution in [0, 0.1) is 0 Å². The predicted octanol–water partition coefficient (Wildman–Crippen LogP) is 1.81. The SMILES string of the molecule is C=CCn1c(SCC(=O)N2CCOCC2)nnc1-c1ccc2c(c1)OCO2. The molecule has 0 atom stereocenters. The summed E-state index contributed by atoms with van der Waals surface area (Å²) in [5.74, 6) is 2.52. The van der Waals surface area contributed by atoms with Crippen LogP contribution in [-0.2, 0) is 16.1 Å². The van der Waals surface area contributed by atoms with Crippen molar-refractivity contribution >= 4 is 17.7 Å². The Hall–Kier alpha value is -2.52. The number of nitrogens with zero attached hydrogens (tertiary/aromatic N) is 4. The predicted molar refractivity (Wildman–Crippen MR) is 99.9 cm³/mol. The van der Waals surface area contributed by atoms with Crippen LogP contribution in [0.4, 0.5) is 0 Å². The zero-order chi connectivity index (χ0) is 18.6. The molecule has 1 saturated heterocycles. The van der Waals surface area contributed by atoms with Gasteiger partial charge in [-0.3, -0.25) is 9.36 Å². The second kappa shape index (κ2) is 8.01.